The van der Waals surface area contributed by atoms with E-state index in [1.165, 1.54) is 5.56 Å². The topological polar surface area (TPSA) is 50.4 Å². The lowest BCUT2D eigenvalue weighted by Gasteiger charge is -2.22. The average Bonchev–Trinajstić information content (AvgIpc) is 3.28. The first-order chi connectivity index (χ1) is 13.0. The molecule has 3 heteroatoms. The number of rotatable bonds is 3. The molecule has 1 fully saturated rings. The van der Waals surface area contributed by atoms with Crippen LogP contribution in [-0.2, 0) is 11.2 Å². The van der Waals surface area contributed by atoms with Gasteiger partial charge >= 0.3 is 5.97 Å². The van der Waals surface area contributed by atoms with Gasteiger partial charge in [-0.1, -0.05) is 42.4 Å². The summed E-state index contributed by atoms with van der Waals surface area (Å²) >= 11 is 0. The van der Waals surface area contributed by atoms with E-state index in [1.54, 1.807) is 0 Å². The van der Waals surface area contributed by atoms with Crippen LogP contribution >= 0.6 is 0 Å². The Labute approximate surface area is 159 Å². The van der Waals surface area contributed by atoms with Crippen molar-refractivity contribution in [2.75, 3.05) is 0 Å². The van der Waals surface area contributed by atoms with E-state index in [4.69, 9.17) is 4.42 Å². The maximum atomic E-state index is 11.8. The van der Waals surface area contributed by atoms with E-state index in [2.05, 4.69) is 30.9 Å². The van der Waals surface area contributed by atoms with Gasteiger partial charge in [0.1, 0.15) is 11.3 Å². The molecular weight excluding hydrogens is 336 g/mol. The van der Waals surface area contributed by atoms with Crippen LogP contribution in [-0.4, -0.2) is 11.1 Å². The molecule has 1 aromatic heterocycles. The maximum absolute atomic E-state index is 11.8. The Morgan fingerprint density at radius 2 is 1.70 bits per heavy atom. The minimum absolute atomic E-state index is 0.460. The summed E-state index contributed by atoms with van der Waals surface area (Å²) in [4.78, 5) is 11.8. The third-order valence-electron chi connectivity index (χ3n) is 5.50. The summed E-state index contributed by atoms with van der Waals surface area (Å²) in [5.74, 6) is 6.42. The number of hydrogen-bond donors (Lipinski definition) is 1. The fraction of sp³-hybridized carbons (Fsp3) is 0.292. The molecular formula is C24H22O3. The van der Waals surface area contributed by atoms with Gasteiger partial charge in [0.2, 0.25) is 0 Å². The van der Waals surface area contributed by atoms with Crippen LogP contribution in [0.5, 0.6) is 0 Å². The number of furan rings is 1. The van der Waals surface area contributed by atoms with Crippen LogP contribution in [0.1, 0.15) is 48.1 Å². The number of aryl methyl sites for hydroxylation is 1. The predicted octanol–water partition coefficient (Wildman–Crippen LogP) is 5.33. The third kappa shape index (κ3) is 3.61. The molecule has 0 amide bonds. The minimum Gasteiger partial charge on any atom is -0.481 e. The molecule has 0 aliphatic heterocycles. The van der Waals surface area contributed by atoms with Gasteiger partial charge in [-0.15, -0.1) is 0 Å². The Morgan fingerprint density at radius 3 is 2.41 bits per heavy atom. The second-order valence-electron chi connectivity index (χ2n) is 7.55. The summed E-state index contributed by atoms with van der Waals surface area (Å²) in [5.41, 5.74) is 3.24. The number of hydrogen-bond acceptors (Lipinski definition) is 2. The lowest BCUT2D eigenvalue weighted by atomic mass is 9.82. The lowest BCUT2D eigenvalue weighted by molar-refractivity contribution is -0.148. The highest BCUT2D eigenvalue weighted by Gasteiger charge is 2.42. The van der Waals surface area contributed by atoms with Crippen LogP contribution < -0.4 is 0 Å². The lowest BCUT2D eigenvalue weighted by Crippen LogP contribution is -2.29. The molecule has 0 radical (unpaired) electrons. The summed E-state index contributed by atoms with van der Waals surface area (Å²) < 4.78 is 5.92. The molecule has 0 unspecified atom stereocenters. The number of carbonyl (C=O) groups is 1. The van der Waals surface area contributed by atoms with Crippen molar-refractivity contribution >= 4 is 16.9 Å². The van der Waals surface area contributed by atoms with Crippen molar-refractivity contribution in [1.29, 1.82) is 0 Å². The normalized spacial score (nSPS) is 15.4. The van der Waals surface area contributed by atoms with Gasteiger partial charge in [0.05, 0.1) is 5.41 Å². The zero-order valence-electron chi connectivity index (χ0n) is 15.4. The standard InChI is InChI=1S/C24H22O3/c1-17-4-6-18(7-5-17)8-9-19-10-11-22-20(14-19)15-21(27-22)16-24(23(25)26)12-2-3-13-24/h4-7,10-11,14-15H,2-3,12-13,16H2,1H3,(H,25,26). The van der Waals surface area contributed by atoms with Crippen molar-refractivity contribution < 1.29 is 14.3 Å². The highest BCUT2D eigenvalue weighted by Crippen LogP contribution is 2.42. The van der Waals surface area contributed by atoms with Gasteiger partial charge in [-0.3, -0.25) is 4.79 Å². The molecule has 3 nitrogen and oxygen atoms in total. The van der Waals surface area contributed by atoms with Crippen molar-refractivity contribution in [3.63, 3.8) is 0 Å². The number of benzene rings is 2. The number of aliphatic carboxylic acids is 1. The summed E-state index contributed by atoms with van der Waals surface area (Å²) in [6.45, 7) is 2.06. The van der Waals surface area contributed by atoms with Crippen LogP contribution in [0.15, 0.2) is 52.9 Å². The van der Waals surface area contributed by atoms with E-state index < -0.39 is 11.4 Å². The molecule has 0 spiro atoms. The van der Waals surface area contributed by atoms with Gasteiger partial charge in [-0.2, -0.15) is 0 Å². The molecule has 1 aliphatic carbocycles. The van der Waals surface area contributed by atoms with Crippen LogP contribution in [0, 0.1) is 24.2 Å². The molecule has 0 atom stereocenters. The van der Waals surface area contributed by atoms with Gasteiger partial charge in [-0.25, -0.2) is 0 Å². The van der Waals surface area contributed by atoms with E-state index >= 15 is 0 Å². The van der Waals surface area contributed by atoms with Gasteiger partial charge < -0.3 is 9.52 Å². The quantitative estimate of drug-likeness (QED) is 0.644. The van der Waals surface area contributed by atoms with Crippen LogP contribution in [0.4, 0.5) is 0 Å². The van der Waals surface area contributed by atoms with E-state index in [0.29, 0.717) is 6.42 Å². The van der Waals surface area contributed by atoms with Crippen molar-refractivity contribution in [2.45, 2.75) is 39.0 Å². The summed E-state index contributed by atoms with van der Waals surface area (Å²) in [6.07, 6.45) is 3.87. The van der Waals surface area contributed by atoms with Crippen LogP contribution in [0.3, 0.4) is 0 Å². The molecule has 1 saturated carbocycles. The first-order valence-corrected chi connectivity index (χ1v) is 9.39. The van der Waals surface area contributed by atoms with Crippen molar-refractivity contribution in [1.82, 2.24) is 0 Å². The summed E-state index contributed by atoms with van der Waals surface area (Å²) in [5, 5.41) is 10.7. The first-order valence-electron chi connectivity index (χ1n) is 9.39. The van der Waals surface area contributed by atoms with E-state index in [9.17, 15) is 9.90 Å². The molecule has 27 heavy (non-hydrogen) atoms. The summed E-state index contributed by atoms with van der Waals surface area (Å²) in [6, 6.07) is 16.0. The molecule has 4 rings (SSSR count). The molecule has 0 bridgehead atoms. The zero-order valence-corrected chi connectivity index (χ0v) is 15.4. The molecule has 0 saturated heterocycles. The molecule has 3 aromatic rings. The largest absolute Gasteiger partial charge is 0.481 e. The Morgan fingerprint density at radius 1 is 1.04 bits per heavy atom. The Hall–Kier alpha value is -2.99. The number of carboxylic acids is 1. The van der Waals surface area contributed by atoms with E-state index in [1.807, 2.05) is 36.4 Å². The molecule has 136 valence electrons. The Balaban J connectivity index is 1.59. The predicted molar refractivity (Wildman–Crippen MR) is 106 cm³/mol. The Kier molecular flexibility index (Phi) is 4.49. The minimum atomic E-state index is -0.704. The number of fused-ring (bicyclic) bond motifs is 1. The molecule has 1 N–H and O–H groups in total. The first kappa shape index (κ1) is 17.4. The van der Waals surface area contributed by atoms with Gasteiger partial charge in [-0.05, 0) is 56.2 Å². The van der Waals surface area contributed by atoms with Crippen molar-refractivity contribution in [3.8, 4) is 11.8 Å². The van der Waals surface area contributed by atoms with E-state index in [-0.39, 0.29) is 0 Å². The molecule has 2 aromatic carbocycles. The van der Waals surface area contributed by atoms with Crippen LogP contribution in [0.25, 0.3) is 11.0 Å². The summed E-state index contributed by atoms with van der Waals surface area (Å²) in [7, 11) is 0. The SMILES string of the molecule is Cc1ccc(C#Cc2ccc3oc(CC4(C(=O)O)CCCC4)cc3c2)cc1. The molecule has 1 aliphatic rings. The van der Waals surface area contributed by atoms with Crippen molar-refractivity contribution in [2.24, 2.45) is 5.41 Å². The maximum Gasteiger partial charge on any atom is 0.310 e. The van der Waals surface area contributed by atoms with Crippen LogP contribution in [0.2, 0.25) is 0 Å². The molecule has 1 heterocycles. The highest BCUT2D eigenvalue weighted by atomic mass is 16.4. The fourth-order valence-electron chi connectivity index (χ4n) is 3.90. The van der Waals surface area contributed by atoms with Gasteiger partial charge in [0.15, 0.2) is 0 Å². The van der Waals surface area contributed by atoms with Gasteiger partial charge in [0, 0.05) is 22.9 Å². The Bertz CT molecular complexity index is 1040. The monoisotopic (exact) mass is 358 g/mol. The zero-order chi connectivity index (χ0) is 18.9. The second kappa shape index (κ2) is 6.96. The van der Waals surface area contributed by atoms with E-state index in [0.717, 1.165) is 53.5 Å². The highest BCUT2D eigenvalue weighted by molar-refractivity contribution is 5.80. The fourth-order valence-corrected chi connectivity index (χ4v) is 3.90. The average molecular weight is 358 g/mol. The smallest absolute Gasteiger partial charge is 0.310 e. The number of carboxylic acid groups (broad SMARTS) is 1. The van der Waals surface area contributed by atoms with Gasteiger partial charge in [0.25, 0.3) is 0 Å². The van der Waals surface area contributed by atoms with Crippen molar-refractivity contribution in [3.05, 3.63) is 71.0 Å². The second-order valence-corrected chi connectivity index (χ2v) is 7.55. The third-order valence-corrected chi connectivity index (χ3v) is 5.50.